The summed E-state index contributed by atoms with van der Waals surface area (Å²) in [6, 6.07) is 0. The lowest BCUT2D eigenvalue weighted by Gasteiger charge is -2.23. The van der Waals surface area contributed by atoms with Crippen molar-refractivity contribution in [2.75, 3.05) is 19.6 Å². The van der Waals surface area contributed by atoms with Gasteiger partial charge in [0.2, 0.25) is 5.91 Å². The van der Waals surface area contributed by atoms with Gasteiger partial charge in [-0.15, -0.1) is 0 Å². The van der Waals surface area contributed by atoms with Gasteiger partial charge >= 0.3 is 0 Å². The van der Waals surface area contributed by atoms with Crippen LogP contribution in [0, 0.1) is 11.8 Å². The van der Waals surface area contributed by atoms with Crippen LogP contribution in [-0.2, 0) is 4.79 Å². The molecule has 0 aromatic rings. The van der Waals surface area contributed by atoms with Gasteiger partial charge in [-0.05, 0) is 18.8 Å². The molecule has 15 heavy (non-hydrogen) atoms. The van der Waals surface area contributed by atoms with E-state index in [-0.39, 0.29) is 17.9 Å². The number of hydrogen-bond donors (Lipinski definition) is 2. The summed E-state index contributed by atoms with van der Waals surface area (Å²) in [5, 5.41) is 9.36. The number of aliphatic hydroxyl groups excluding tert-OH is 1. The van der Waals surface area contributed by atoms with Gasteiger partial charge in [-0.3, -0.25) is 4.79 Å². The Morgan fingerprint density at radius 3 is 2.67 bits per heavy atom. The summed E-state index contributed by atoms with van der Waals surface area (Å²) in [5.74, 6) is 0.521. The fourth-order valence-electron chi connectivity index (χ4n) is 2.07. The summed E-state index contributed by atoms with van der Waals surface area (Å²) in [4.78, 5) is 13.7. The van der Waals surface area contributed by atoms with E-state index in [9.17, 15) is 9.90 Å². The molecule has 3 N–H and O–H groups in total. The molecule has 0 aromatic heterocycles. The zero-order valence-corrected chi connectivity index (χ0v) is 9.65. The molecule has 4 nitrogen and oxygen atoms in total. The molecule has 88 valence electrons. The highest BCUT2D eigenvalue weighted by molar-refractivity contribution is 5.79. The molecule has 2 unspecified atom stereocenters. The van der Waals surface area contributed by atoms with Gasteiger partial charge in [0.15, 0.2) is 0 Å². The summed E-state index contributed by atoms with van der Waals surface area (Å²) in [6.07, 6.45) is 1.19. The molecule has 1 aliphatic heterocycles. The van der Waals surface area contributed by atoms with E-state index in [1.807, 2.05) is 0 Å². The van der Waals surface area contributed by atoms with Gasteiger partial charge in [0, 0.05) is 19.6 Å². The van der Waals surface area contributed by atoms with Crippen LogP contribution >= 0.6 is 0 Å². The third kappa shape index (κ3) is 3.47. The maximum absolute atomic E-state index is 12.0. The molecule has 1 aliphatic rings. The normalized spacial score (nSPS) is 23.5. The van der Waals surface area contributed by atoms with Gasteiger partial charge in [-0.2, -0.15) is 0 Å². The molecule has 1 rings (SSSR count). The van der Waals surface area contributed by atoms with Crippen molar-refractivity contribution in [3.63, 3.8) is 0 Å². The second kappa shape index (κ2) is 5.47. The minimum absolute atomic E-state index is 0.0738. The minimum Gasteiger partial charge on any atom is -0.391 e. The number of hydrogen-bond acceptors (Lipinski definition) is 3. The van der Waals surface area contributed by atoms with Crippen molar-refractivity contribution < 1.29 is 9.90 Å². The number of aliphatic hydroxyl groups is 1. The largest absolute Gasteiger partial charge is 0.391 e. The summed E-state index contributed by atoms with van der Waals surface area (Å²) < 4.78 is 0. The molecule has 1 heterocycles. The van der Waals surface area contributed by atoms with Crippen LogP contribution in [0.15, 0.2) is 0 Å². The number of rotatable bonds is 4. The topological polar surface area (TPSA) is 66.6 Å². The molecule has 0 aliphatic carbocycles. The van der Waals surface area contributed by atoms with Crippen molar-refractivity contribution in [3.8, 4) is 0 Å². The zero-order chi connectivity index (χ0) is 11.4. The van der Waals surface area contributed by atoms with Gasteiger partial charge in [-0.1, -0.05) is 13.8 Å². The predicted octanol–water partition coefficient (Wildman–Crippen LogP) is 0.201. The van der Waals surface area contributed by atoms with Crippen molar-refractivity contribution in [1.29, 1.82) is 0 Å². The monoisotopic (exact) mass is 214 g/mol. The fraction of sp³-hybridized carbons (Fsp3) is 0.909. The molecule has 1 saturated heterocycles. The van der Waals surface area contributed by atoms with Gasteiger partial charge in [0.1, 0.15) is 0 Å². The number of β-amino-alcohol motifs (C(OH)–C–C–N with tert-alkyl or cyclic N) is 1. The third-order valence-electron chi connectivity index (χ3n) is 2.86. The summed E-state index contributed by atoms with van der Waals surface area (Å²) in [6.45, 7) is 5.75. The Kier molecular flexibility index (Phi) is 4.54. The van der Waals surface area contributed by atoms with Gasteiger partial charge in [0.05, 0.1) is 12.0 Å². The van der Waals surface area contributed by atoms with Crippen LogP contribution in [0.4, 0.5) is 0 Å². The molecule has 0 radical (unpaired) electrons. The van der Waals surface area contributed by atoms with E-state index in [1.165, 1.54) is 0 Å². The van der Waals surface area contributed by atoms with E-state index < -0.39 is 0 Å². The Labute approximate surface area is 91.4 Å². The van der Waals surface area contributed by atoms with Crippen LogP contribution in [0.2, 0.25) is 0 Å². The molecule has 2 atom stereocenters. The zero-order valence-electron chi connectivity index (χ0n) is 9.65. The highest BCUT2D eigenvalue weighted by Gasteiger charge is 2.29. The SMILES string of the molecule is CC(C)CC(CN)C(=O)N1CCC(O)C1. The smallest absolute Gasteiger partial charge is 0.227 e. The number of nitrogens with zero attached hydrogens (tertiary/aromatic N) is 1. The first-order valence-corrected chi connectivity index (χ1v) is 5.71. The minimum atomic E-state index is -0.341. The molecule has 0 bridgehead atoms. The Hall–Kier alpha value is -0.610. The second-order valence-electron chi connectivity index (χ2n) is 4.79. The molecular formula is C11H22N2O2. The second-order valence-corrected chi connectivity index (χ2v) is 4.79. The van der Waals surface area contributed by atoms with Gasteiger partial charge in [-0.25, -0.2) is 0 Å². The van der Waals surface area contributed by atoms with Crippen LogP contribution in [0.3, 0.4) is 0 Å². The van der Waals surface area contributed by atoms with E-state index in [4.69, 9.17) is 5.73 Å². The number of amides is 1. The molecule has 1 amide bonds. The van der Waals surface area contributed by atoms with E-state index in [1.54, 1.807) is 4.90 Å². The lowest BCUT2D eigenvalue weighted by molar-refractivity contribution is -0.135. The quantitative estimate of drug-likeness (QED) is 0.702. The highest BCUT2D eigenvalue weighted by Crippen LogP contribution is 2.17. The van der Waals surface area contributed by atoms with Crippen molar-refractivity contribution in [1.82, 2.24) is 4.90 Å². The number of nitrogens with two attached hydrogens (primary N) is 1. The molecule has 4 heteroatoms. The first-order valence-electron chi connectivity index (χ1n) is 5.71. The Bertz CT molecular complexity index is 219. The van der Waals surface area contributed by atoms with Crippen LogP contribution < -0.4 is 5.73 Å². The molecule has 0 saturated carbocycles. The maximum Gasteiger partial charge on any atom is 0.227 e. The van der Waals surface area contributed by atoms with Crippen molar-refractivity contribution in [3.05, 3.63) is 0 Å². The van der Waals surface area contributed by atoms with Crippen LogP contribution in [0.5, 0.6) is 0 Å². The third-order valence-corrected chi connectivity index (χ3v) is 2.86. The molecule has 1 fully saturated rings. The highest BCUT2D eigenvalue weighted by atomic mass is 16.3. The molecule has 0 aromatic carbocycles. The number of carbonyl (C=O) groups excluding carboxylic acids is 1. The maximum atomic E-state index is 12.0. The van der Waals surface area contributed by atoms with E-state index in [2.05, 4.69) is 13.8 Å². The summed E-state index contributed by atoms with van der Waals surface area (Å²) >= 11 is 0. The summed E-state index contributed by atoms with van der Waals surface area (Å²) in [7, 11) is 0. The van der Waals surface area contributed by atoms with Crippen molar-refractivity contribution in [2.45, 2.75) is 32.8 Å². The van der Waals surface area contributed by atoms with Crippen molar-refractivity contribution in [2.24, 2.45) is 17.6 Å². The van der Waals surface area contributed by atoms with E-state index >= 15 is 0 Å². The number of likely N-dealkylation sites (tertiary alicyclic amines) is 1. The molecule has 0 spiro atoms. The van der Waals surface area contributed by atoms with Gasteiger partial charge in [0.25, 0.3) is 0 Å². The summed E-state index contributed by atoms with van der Waals surface area (Å²) in [5.41, 5.74) is 5.61. The van der Waals surface area contributed by atoms with Crippen molar-refractivity contribution >= 4 is 5.91 Å². The Balaban J connectivity index is 2.49. The fourth-order valence-corrected chi connectivity index (χ4v) is 2.07. The average molecular weight is 214 g/mol. The van der Waals surface area contributed by atoms with Crippen LogP contribution in [0.1, 0.15) is 26.7 Å². The number of carbonyl (C=O) groups is 1. The predicted molar refractivity (Wildman–Crippen MR) is 59.2 cm³/mol. The Morgan fingerprint density at radius 2 is 2.27 bits per heavy atom. The van der Waals surface area contributed by atoms with Crippen LogP contribution in [0.25, 0.3) is 0 Å². The van der Waals surface area contributed by atoms with E-state index in [0.717, 1.165) is 6.42 Å². The molecular weight excluding hydrogens is 192 g/mol. The standard InChI is InChI=1S/C11H22N2O2/c1-8(2)5-9(6-12)11(15)13-4-3-10(14)7-13/h8-10,14H,3-7,12H2,1-2H3. The lowest BCUT2D eigenvalue weighted by atomic mass is 9.96. The van der Waals surface area contributed by atoms with Crippen LogP contribution in [-0.4, -0.2) is 41.7 Å². The lowest BCUT2D eigenvalue weighted by Crippen LogP contribution is -2.38. The Morgan fingerprint density at radius 1 is 1.60 bits per heavy atom. The van der Waals surface area contributed by atoms with E-state index in [0.29, 0.717) is 32.0 Å². The first kappa shape index (κ1) is 12.5. The average Bonchev–Trinajstić information content (AvgIpc) is 2.60. The first-order chi connectivity index (χ1) is 7.04. The van der Waals surface area contributed by atoms with Gasteiger partial charge < -0.3 is 15.7 Å².